The van der Waals surface area contributed by atoms with Crippen molar-refractivity contribution in [1.82, 2.24) is 0 Å². The number of carboxylic acid groups (broad SMARTS) is 1. The Morgan fingerprint density at radius 3 is 1.77 bits per heavy atom. The predicted molar refractivity (Wildman–Crippen MR) is 48.7 cm³/mol. The third kappa shape index (κ3) is 18.2. The molecule has 1 unspecified atom stereocenters. The molecule has 0 aromatic carbocycles. The number of carboxylic acids is 1. The third-order valence-electron chi connectivity index (χ3n) is 1.07. The largest absolute Gasteiger partial charge is 0.478 e. The van der Waals surface area contributed by atoms with Crippen molar-refractivity contribution in [1.29, 1.82) is 0 Å². The number of carbonyl (C=O) groups is 1. The van der Waals surface area contributed by atoms with E-state index >= 15 is 0 Å². The molecule has 0 aliphatic carbocycles. The summed E-state index contributed by atoms with van der Waals surface area (Å²) in [5.74, 6) is -0.935. The SMILES string of the molecule is C1CO1.C=C(C)C(=O)O.CC1CO1. The summed E-state index contributed by atoms with van der Waals surface area (Å²) < 4.78 is 9.21. The first kappa shape index (κ1) is 12.1. The Morgan fingerprint density at radius 2 is 1.77 bits per heavy atom. The molecule has 0 amide bonds. The van der Waals surface area contributed by atoms with E-state index in [4.69, 9.17) is 9.84 Å². The number of ether oxygens (including phenoxy) is 2. The van der Waals surface area contributed by atoms with Crippen molar-refractivity contribution in [3.8, 4) is 0 Å². The topological polar surface area (TPSA) is 62.4 Å². The van der Waals surface area contributed by atoms with E-state index in [0.29, 0.717) is 6.10 Å². The Labute approximate surface area is 78.2 Å². The Balaban J connectivity index is 0.000000175. The van der Waals surface area contributed by atoms with Crippen LogP contribution in [0.1, 0.15) is 13.8 Å². The zero-order valence-corrected chi connectivity index (χ0v) is 8.08. The zero-order valence-electron chi connectivity index (χ0n) is 8.08. The van der Waals surface area contributed by atoms with Crippen molar-refractivity contribution in [3.63, 3.8) is 0 Å². The third-order valence-corrected chi connectivity index (χ3v) is 1.07. The average Bonchev–Trinajstić information content (AvgIpc) is 2.84. The minimum absolute atomic E-state index is 0.176. The van der Waals surface area contributed by atoms with Gasteiger partial charge >= 0.3 is 5.97 Å². The summed E-state index contributed by atoms with van der Waals surface area (Å²) in [7, 11) is 0. The second-order valence-electron chi connectivity index (χ2n) is 2.84. The van der Waals surface area contributed by atoms with Crippen LogP contribution in [0, 0.1) is 0 Å². The highest BCUT2D eigenvalue weighted by Gasteiger charge is 2.13. The molecule has 0 aromatic heterocycles. The quantitative estimate of drug-likeness (QED) is 0.494. The van der Waals surface area contributed by atoms with Crippen LogP contribution in [0.5, 0.6) is 0 Å². The molecule has 0 aromatic rings. The normalized spacial score (nSPS) is 21.2. The maximum Gasteiger partial charge on any atom is 0.330 e. The predicted octanol–water partition coefficient (Wildman–Crippen LogP) is 1.07. The van der Waals surface area contributed by atoms with E-state index in [0.717, 1.165) is 19.8 Å². The van der Waals surface area contributed by atoms with E-state index in [1.165, 1.54) is 6.92 Å². The van der Waals surface area contributed by atoms with Crippen LogP contribution in [-0.4, -0.2) is 37.0 Å². The minimum atomic E-state index is -0.935. The molecule has 2 rings (SSSR count). The summed E-state index contributed by atoms with van der Waals surface area (Å²) in [4.78, 5) is 9.60. The molecule has 76 valence electrons. The van der Waals surface area contributed by atoms with Crippen LogP contribution in [0.25, 0.3) is 0 Å². The van der Waals surface area contributed by atoms with Crippen molar-refractivity contribution >= 4 is 5.97 Å². The number of hydrogen-bond donors (Lipinski definition) is 1. The Morgan fingerprint density at radius 1 is 1.54 bits per heavy atom. The van der Waals surface area contributed by atoms with Crippen LogP contribution in [-0.2, 0) is 14.3 Å². The van der Waals surface area contributed by atoms with Gasteiger partial charge in [0.2, 0.25) is 0 Å². The maximum absolute atomic E-state index is 9.60. The van der Waals surface area contributed by atoms with Crippen LogP contribution in [0.15, 0.2) is 12.2 Å². The molecule has 2 saturated heterocycles. The molecule has 0 bridgehead atoms. The molecule has 0 spiro atoms. The zero-order chi connectivity index (χ0) is 10.3. The van der Waals surface area contributed by atoms with Crippen LogP contribution < -0.4 is 0 Å². The molecule has 0 radical (unpaired) electrons. The number of rotatable bonds is 1. The number of aliphatic carboxylic acids is 1. The molecule has 2 heterocycles. The molecule has 0 saturated carbocycles. The monoisotopic (exact) mass is 188 g/mol. The van der Waals surface area contributed by atoms with Crippen LogP contribution in [0.3, 0.4) is 0 Å². The van der Waals surface area contributed by atoms with Crippen molar-refractivity contribution in [2.24, 2.45) is 0 Å². The fourth-order valence-corrected chi connectivity index (χ4v) is 0.0962. The highest BCUT2D eigenvalue weighted by molar-refractivity contribution is 5.84. The van der Waals surface area contributed by atoms with Crippen LogP contribution in [0.4, 0.5) is 0 Å². The highest BCUT2D eigenvalue weighted by Crippen LogP contribution is 2.04. The van der Waals surface area contributed by atoms with Gasteiger partial charge in [0.05, 0.1) is 25.9 Å². The Bertz CT molecular complexity index is 156. The van der Waals surface area contributed by atoms with E-state index in [1.54, 1.807) is 0 Å². The van der Waals surface area contributed by atoms with Gasteiger partial charge in [0.1, 0.15) is 0 Å². The minimum Gasteiger partial charge on any atom is -0.478 e. The van der Waals surface area contributed by atoms with Gasteiger partial charge < -0.3 is 14.6 Å². The molecule has 2 aliphatic heterocycles. The first-order chi connectivity index (χ1) is 6.04. The molecule has 2 aliphatic rings. The van der Waals surface area contributed by atoms with E-state index in [-0.39, 0.29) is 5.57 Å². The summed E-state index contributed by atoms with van der Waals surface area (Å²) in [6, 6.07) is 0. The molecule has 4 heteroatoms. The highest BCUT2D eigenvalue weighted by atomic mass is 16.6. The first-order valence-electron chi connectivity index (χ1n) is 4.12. The smallest absolute Gasteiger partial charge is 0.330 e. The lowest BCUT2D eigenvalue weighted by atomic mass is 10.4. The van der Waals surface area contributed by atoms with Gasteiger partial charge in [-0.05, 0) is 13.8 Å². The number of hydrogen-bond acceptors (Lipinski definition) is 3. The Hall–Kier alpha value is -0.870. The maximum atomic E-state index is 9.60. The summed E-state index contributed by atoms with van der Waals surface area (Å²) in [5.41, 5.74) is 0.176. The van der Waals surface area contributed by atoms with E-state index < -0.39 is 5.97 Å². The lowest BCUT2D eigenvalue weighted by Gasteiger charge is -1.79. The number of epoxide rings is 2. The van der Waals surface area contributed by atoms with E-state index in [1.807, 2.05) is 0 Å². The first-order valence-corrected chi connectivity index (χ1v) is 4.12. The summed E-state index contributed by atoms with van der Waals surface area (Å²) in [6.07, 6.45) is 0.583. The van der Waals surface area contributed by atoms with E-state index in [9.17, 15) is 4.79 Å². The summed E-state index contributed by atoms with van der Waals surface area (Å²) in [6.45, 7) is 9.64. The van der Waals surface area contributed by atoms with Gasteiger partial charge in [0, 0.05) is 5.57 Å². The van der Waals surface area contributed by atoms with Gasteiger partial charge in [-0.1, -0.05) is 6.58 Å². The van der Waals surface area contributed by atoms with Crippen molar-refractivity contribution in [3.05, 3.63) is 12.2 Å². The molecule has 1 atom stereocenters. The molecule has 2 fully saturated rings. The summed E-state index contributed by atoms with van der Waals surface area (Å²) in [5, 5.41) is 7.89. The molecule has 13 heavy (non-hydrogen) atoms. The van der Waals surface area contributed by atoms with Gasteiger partial charge in [0.25, 0.3) is 0 Å². The lowest BCUT2D eigenvalue weighted by Crippen LogP contribution is -1.92. The lowest BCUT2D eigenvalue weighted by molar-refractivity contribution is -0.132. The van der Waals surface area contributed by atoms with Crippen molar-refractivity contribution in [2.75, 3.05) is 19.8 Å². The van der Waals surface area contributed by atoms with Gasteiger partial charge in [-0.15, -0.1) is 0 Å². The fourth-order valence-electron chi connectivity index (χ4n) is 0.0962. The average molecular weight is 188 g/mol. The molecule has 1 N–H and O–H groups in total. The fraction of sp³-hybridized carbons (Fsp3) is 0.667. The van der Waals surface area contributed by atoms with E-state index in [2.05, 4.69) is 18.2 Å². The molecular formula is C9H16O4. The standard InChI is InChI=1S/C4H6O2.C3H6O.C2H4O/c1-3(2)4(5)6;1-3-2-4-3;1-2-3-1/h1H2,2H3,(H,5,6);3H,2H2,1H3;1-2H2. The van der Waals surface area contributed by atoms with Gasteiger partial charge in [0.15, 0.2) is 0 Å². The summed E-state index contributed by atoms with van der Waals surface area (Å²) >= 11 is 0. The van der Waals surface area contributed by atoms with Crippen molar-refractivity contribution in [2.45, 2.75) is 20.0 Å². The second-order valence-corrected chi connectivity index (χ2v) is 2.84. The molecule has 4 nitrogen and oxygen atoms in total. The second kappa shape index (κ2) is 6.62. The van der Waals surface area contributed by atoms with Gasteiger partial charge in [-0.2, -0.15) is 0 Å². The van der Waals surface area contributed by atoms with Crippen molar-refractivity contribution < 1.29 is 19.4 Å². The van der Waals surface area contributed by atoms with Crippen LogP contribution in [0.2, 0.25) is 0 Å². The van der Waals surface area contributed by atoms with Gasteiger partial charge in [-0.25, -0.2) is 4.79 Å². The van der Waals surface area contributed by atoms with Crippen LogP contribution >= 0.6 is 0 Å². The molecular weight excluding hydrogens is 172 g/mol. The Kier molecular flexibility index (Phi) is 6.18. The van der Waals surface area contributed by atoms with Gasteiger partial charge in [-0.3, -0.25) is 0 Å².